The maximum Gasteiger partial charge on any atom is 0.422 e. The van der Waals surface area contributed by atoms with Gasteiger partial charge in [0.25, 0.3) is 0 Å². The van der Waals surface area contributed by atoms with E-state index in [1.54, 1.807) is 24.3 Å². The number of amides is 1. The van der Waals surface area contributed by atoms with Gasteiger partial charge in [-0.05, 0) is 59.7 Å². The summed E-state index contributed by atoms with van der Waals surface area (Å²) >= 11 is 0. The van der Waals surface area contributed by atoms with E-state index in [4.69, 9.17) is 4.74 Å². The summed E-state index contributed by atoms with van der Waals surface area (Å²) in [6.45, 7) is 1.54. The molecule has 1 N–H and O–H groups in total. The van der Waals surface area contributed by atoms with Gasteiger partial charge in [-0.3, -0.25) is 5.43 Å². The Hall–Kier alpha value is -3.25. The summed E-state index contributed by atoms with van der Waals surface area (Å²) in [7, 11) is 0. The number of nitrogens with zero attached hydrogens (tertiary/aromatic N) is 1. The summed E-state index contributed by atoms with van der Waals surface area (Å²) < 4.78 is 32.4. The lowest BCUT2D eigenvalue weighted by Gasteiger charge is -2.37. The largest absolute Gasteiger partial charge is 0.444 e. The van der Waals surface area contributed by atoms with Gasteiger partial charge in [0, 0.05) is 19.0 Å². The number of benzene rings is 3. The van der Waals surface area contributed by atoms with E-state index >= 15 is 0 Å². The highest BCUT2D eigenvalue weighted by atomic mass is 19.1. The van der Waals surface area contributed by atoms with Crippen LogP contribution in [0, 0.1) is 17.6 Å². The SMILES string of the molecule is O=C(NN1CCCC(C(c2ccc(F)cc2)c2ccc(F)cc2)C1)OCc1ccccc1. The van der Waals surface area contributed by atoms with Gasteiger partial charge < -0.3 is 4.74 Å². The summed E-state index contributed by atoms with van der Waals surface area (Å²) in [4.78, 5) is 12.3. The molecular weight excluding hydrogens is 410 g/mol. The van der Waals surface area contributed by atoms with Crippen molar-refractivity contribution in [1.29, 1.82) is 0 Å². The van der Waals surface area contributed by atoms with Crippen molar-refractivity contribution in [3.8, 4) is 0 Å². The molecule has 0 bridgehead atoms. The second-order valence-corrected chi connectivity index (χ2v) is 8.10. The van der Waals surface area contributed by atoms with Gasteiger partial charge in [0.2, 0.25) is 0 Å². The zero-order valence-corrected chi connectivity index (χ0v) is 17.7. The predicted molar refractivity (Wildman–Crippen MR) is 119 cm³/mol. The second-order valence-electron chi connectivity index (χ2n) is 8.10. The van der Waals surface area contributed by atoms with Crippen molar-refractivity contribution in [2.75, 3.05) is 13.1 Å². The Morgan fingerprint density at radius 2 is 1.53 bits per heavy atom. The van der Waals surface area contributed by atoms with Gasteiger partial charge >= 0.3 is 6.09 Å². The molecule has 166 valence electrons. The van der Waals surface area contributed by atoms with Gasteiger partial charge in [-0.25, -0.2) is 18.6 Å². The standard InChI is InChI=1S/C26H26F2N2O2/c27-23-12-8-20(9-13-23)25(21-10-14-24(28)15-11-21)22-7-4-16-30(17-22)29-26(31)32-18-19-5-2-1-3-6-19/h1-3,5-6,8-15,22,25H,4,7,16-18H2,(H,29,31). The van der Waals surface area contributed by atoms with Gasteiger partial charge in [0.1, 0.15) is 18.2 Å². The fraction of sp³-hybridized carbons (Fsp3) is 0.269. The first kappa shape index (κ1) is 22.0. The van der Waals surface area contributed by atoms with Crippen molar-refractivity contribution in [3.05, 3.63) is 107 Å². The predicted octanol–water partition coefficient (Wildman–Crippen LogP) is 5.65. The average Bonchev–Trinajstić information content (AvgIpc) is 2.81. The third-order valence-electron chi connectivity index (χ3n) is 5.85. The quantitative estimate of drug-likeness (QED) is 0.543. The smallest absolute Gasteiger partial charge is 0.422 e. The van der Waals surface area contributed by atoms with Gasteiger partial charge in [0.15, 0.2) is 0 Å². The number of carbonyl (C=O) groups excluding carboxylic acids is 1. The molecule has 1 unspecified atom stereocenters. The third-order valence-corrected chi connectivity index (χ3v) is 5.85. The Morgan fingerprint density at radius 3 is 2.12 bits per heavy atom. The molecule has 4 nitrogen and oxygen atoms in total. The van der Waals surface area contributed by atoms with E-state index in [0.29, 0.717) is 6.54 Å². The zero-order valence-electron chi connectivity index (χ0n) is 17.7. The molecule has 3 aromatic rings. The number of hydrazine groups is 1. The Labute approximate surface area is 186 Å². The van der Waals surface area contributed by atoms with Crippen LogP contribution in [0.4, 0.5) is 13.6 Å². The van der Waals surface area contributed by atoms with E-state index in [1.807, 2.05) is 35.3 Å². The van der Waals surface area contributed by atoms with Crippen molar-refractivity contribution < 1.29 is 18.3 Å². The Kier molecular flexibility index (Phi) is 7.12. The minimum Gasteiger partial charge on any atom is -0.444 e. The number of rotatable bonds is 6. The molecule has 0 aromatic heterocycles. The van der Waals surface area contributed by atoms with E-state index in [9.17, 15) is 13.6 Å². The first-order valence-corrected chi connectivity index (χ1v) is 10.8. The van der Waals surface area contributed by atoms with Crippen molar-refractivity contribution in [1.82, 2.24) is 10.4 Å². The number of ether oxygens (including phenoxy) is 1. The van der Waals surface area contributed by atoms with Crippen LogP contribution in [0.15, 0.2) is 78.9 Å². The average molecular weight is 437 g/mol. The number of halogens is 2. The lowest BCUT2D eigenvalue weighted by molar-refractivity contribution is 0.0736. The second kappa shape index (κ2) is 10.4. The highest BCUT2D eigenvalue weighted by Gasteiger charge is 2.30. The molecule has 4 rings (SSSR count). The molecular formula is C26H26F2N2O2. The Morgan fingerprint density at radius 1 is 0.938 bits per heavy atom. The molecule has 1 aliphatic heterocycles. The summed E-state index contributed by atoms with van der Waals surface area (Å²) in [6, 6.07) is 22.4. The zero-order chi connectivity index (χ0) is 22.3. The number of hydrogen-bond donors (Lipinski definition) is 1. The fourth-order valence-corrected chi connectivity index (χ4v) is 4.35. The van der Waals surface area contributed by atoms with Crippen molar-refractivity contribution in [3.63, 3.8) is 0 Å². The first-order chi connectivity index (χ1) is 15.6. The molecule has 0 spiro atoms. The minimum absolute atomic E-state index is 0.0406. The molecule has 32 heavy (non-hydrogen) atoms. The van der Waals surface area contributed by atoms with Crippen molar-refractivity contribution >= 4 is 6.09 Å². The summed E-state index contributed by atoms with van der Waals surface area (Å²) in [5.41, 5.74) is 5.71. The molecule has 0 saturated carbocycles. The number of carbonyl (C=O) groups is 1. The number of piperidine rings is 1. The molecule has 1 amide bonds. The van der Waals surface area contributed by atoms with Crippen LogP contribution in [0.25, 0.3) is 0 Å². The topological polar surface area (TPSA) is 41.6 Å². The lowest BCUT2D eigenvalue weighted by atomic mass is 9.77. The van der Waals surface area contributed by atoms with E-state index in [1.165, 1.54) is 24.3 Å². The summed E-state index contributed by atoms with van der Waals surface area (Å²) in [6.07, 6.45) is 1.34. The molecule has 1 heterocycles. The molecule has 1 fully saturated rings. The number of nitrogens with one attached hydrogen (secondary N) is 1. The minimum atomic E-state index is -0.491. The van der Waals surface area contributed by atoms with E-state index < -0.39 is 6.09 Å². The van der Waals surface area contributed by atoms with Crippen LogP contribution in [0.1, 0.15) is 35.4 Å². The van der Waals surface area contributed by atoms with Gasteiger partial charge in [-0.15, -0.1) is 0 Å². The van der Waals surface area contributed by atoms with Gasteiger partial charge in [-0.1, -0.05) is 54.6 Å². The summed E-state index contributed by atoms with van der Waals surface area (Å²) in [5, 5.41) is 1.88. The lowest BCUT2D eigenvalue weighted by Crippen LogP contribution is -2.48. The van der Waals surface area contributed by atoms with Crippen LogP contribution in [0.5, 0.6) is 0 Å². The van der Waals surface area contributed by atoms with Crippen LogP contribution < -0.4 is 5.43 Å². The van der Waals surface area contributed by atoms with E-state index in [2.05, 4.69) is 5.43 Å². The molecule has 0 radical (unpaired) electrons. The maximum atomic E-state index is 13.5. The van der Waals surface area contributed by atoms with E-state index in [-0.39, 0.29) is 30.1 Å². The van der Waals surface area contributed by atoms with Crippen LogP contribution in [0.3, 0.4) is 0 Å². The first-order valence-electron chi connectivity index (χ1n) is 10.8. The molecule has 6 heteroatoms. The van der Waals surface area contributed by atoms with Gasteiger partial charge in [-0.2, -0.15) is 0 Å². The Balaban J connectivity index is 1.45. The monoisotopic (exact) mass is 436 g/mol. The van der Waals surface area contributed by atoms with Crippen molar-refractivity contribution in [2.24, 2.45) is 5.92 Å². The van der Waals surface area contributed by atoms with Crippen LogP contribution in [0.2, 0.25) is 0 Å². The summed E-state index contributed by atoms with van der Waals surface area (Å²) in [5.74, 6) is -0.463. The normalized spacial score (nSPS) is 16.7. The highest BCUT2D eigenvalue weighted by molar-refractivity contribution is 5.66. The molecule has 1 atom stereocenters. The van der Waals surface area contributed by atoms with Crippen molar-refractivity contribution in [2.45, 2.75) is 25.4 Å². The number of hydrogen-bond acceptors (Lipinski definition) is 3. The van der Waals surface area contributed by atoms with Crippen LogP contribution >= 0.6 is 0 Å². The molecule has 1 saturated heterocycles. The van der Waals surface area contributed by atoms with Crippen LogP contribution in [-0.4, -0.2) is 24.2 Å². The van der Waals surface area contributed by atoms with Crippen LogP contribution in [-0.2, 0) is 11.3 Å². The third kappa shape index (κ3) is 5.71. The molecule has 1 aliphatic rings. The fourth-order valence-electron chi connectivity index (χ4n) is 4.35. The maximum absolute atomic E-state index is 13.5. The molecule has 3 aromatic carbocycles. The highest BCUT2D eigenvalue weighted by Crippen LogP contribution is 2.37. The Bertz CT molecular complexity index is 965. The van der Waals surface area contributed by atoms with E-state index in [0.717, 1.165) is 36.1 Å². The molecule has 0 aliphatic carbocycles. The van der Waals surface area contributed by atoms with Gasteiger partial charge in [0.05, 0.1) is 0 Å².